The van der Waals surface area contributed by atoms with Crippen molar-refractivity contribution in [2.24, 2.45) is 0 Å². The summed E-state index contributed by atoms with van der Waals surface area (Å²) in [7, 11) is 0. The molecule has 0 saturated carbocycles. The molecule has 0 bridgehead atoms. The quantitative estimate of drug-likeness (QED) is 0.625. The van der Waals surface area contributed by atoms with E-state index in [1.54, 1.807) is 12.1 Å². The van der Waals surface area contributed by atoms with Crippen molar-refractivity contribution in [2.75, 3.05) is 26.2 Å². The normalized spacial score (nSPS) is 23.9. The monoisotopic (exact) mass is 247 g/mol. The van der Waals surface area contributed by atoms with Crippen molar-refractivity contribution in [1.29, 1.82) is 0 Å². The Kier molecular flexibility index (Phi) is 3.01. The molecule has 1 unspecified atom stereocenters. The Balaban J connectivity index is 1.76. The molecule has 0 spiro atoms. The van der Waals surface area contributed by atoms with Crippen molar-refractivity contribution in [2.45, 2.75) is 18.9 Å². The topological polar surface area (TPSA) is 58.4 Å². The first-order valence-electron chi connectivity index (χ1n) is 6.45. The summed E-state index contributed by atoms with van der Waals surface area (Å²) in [4.78, 5) is 13.0. The second-order valence-corrected chi connectivity index (χ2v) is 5.06. The highest BCUT2D eigenvalue weighted by Gasteiger charge is 2.28. The lowest BCUT2D eigenvalue weighted by Crippen LogP contribution is -2.48. The van der Waals surface area contributed by atoms with E-state index in [0.29, 0.717) is 6.04 Å². The van der Waals surface area contributed by atoms with Crippen LogP contribution in [0.2, 0.25) is 0 Å². The van der Waals surface area contributed by atoms with E-state index in [-0.39, 0.29) is 10.6 Å². The zero-order valence-corrected chi connectivity index (χ0v) is 10.3. The van der Waals surface area contributed by atoms with E-state index >= 15 is 0 Å². The van der Waals surface area contributed by atoms with Crippen molar-refractivity contribution in [3.05, 3.63) is 39.4 Å². The van der Waals surface area contributed by atoms with Crippen molar-refractivity contribution in [3.8, 4) is 0 Å². The molecule has 96 valence electrons. The molecule has 0 amide bonds. The number of non-ortho nitro benzene ring substituents is 1. The van der Waals surface area contributed by atoms with Crippen LogP contribution in [0.3, 0.4) is 0 Å². The molecule has 1 N–H and O–H groups in total. The average molecular weight is 247 g/mol. The second-order valence-electron chi connectivity index (χ2n) is 5.06. The summed E-state index contributed by atoms with van der Waals surface area (Å²) in [6.07, 6.45) is 1.99. The van der Waals surface area contributed by atoms with Crippen LogP contribution in [0.25, 0.3) is 0 Å². The third kappa shape index (κ3) is 2.11. The summed E-state index contributed by atoms with van der Waals surface area (Å²) in [5.41, 5.74) is 2.66. The van der Waals surface area contributed by atoms with Crippen LogP contribution < -0.4 is 5.32 Å². The third-order valence-corrected chi connectivity index (χ3v) is 3.98. The SMILES string of the molecule is O=[N+]([O-])c1ccc2c(c1)CC(N1CCNCC1)C2. The molecule has 1 heterocycles. The van der Waals surface area contributed by atoms with E-state index in [9.17, 15) is 10.1 Å². The highest BCUT2D eigenvalue weighted by molar-refractivity contribution is 5.43. The fourth-order valence-corrected chi connectivity index (χ4v) is 3.00. The molecule has 18 heavy (non-hydrogen) atoms. The minimum Gasteiger partial charge on any atom is -0.314 e. The molecule has 0 aromatic heterocycles. The number of hydrogen-bond donors (Lipinski definition) is 1. The Morgan fingerprint density at radius 3 is 2.67 bits per heavy atom. The third-order valence-electron chi connectivity index (χ3n) is 3.98. The number of fused-ring (bicyclic) bond motifs is 1. The lowest BCUT2D eigenvalue weighted by atomic mass is 10.1. The van der Waals surface area contributed by atoms with Gasteiger partial charge < -0.3 is 5.32 Å². The molecule has 1 aliphatic heterocycles. The van der Waals surface area contributed by atoms with Crippen molar-refractivity contribution < 1.29 is 4.92 Å². The summed E-state index contributed by atoms with van der Waals surface area (Å²) in [6.45, 7) is 4.27. The maximum absolute atomic E-state index is 10.8. The van der Waals surface area contributed by atoms with Gasteiger partial charge in [-0.15, -0.1) is 0 Å². The average Bonchev–Trinajstić information content (AvgIpc) is 2.82. The molecule has 1 atom stereocenters. The van der Waals surface area contributed by atoms with Gasteiger partial charge in [0.25, 0.3) is 5.69 Å². The number of rotatable bonds is 2. The molecule has 5 heteroatoms. The maximum atomic E-state index is 10.8. The van der Waals surface area contributed by atoms with E-state index in [1.165, 1.54) is 5.56 Å². The Bertz CT molecular complexity index is 469. The van der Waals surface area contributed by atoms with Crippen LogP contribution >= 0.6 is 0 Å². The predicted octanol–water partition coefficient (Wildman–Crippen LogP) is 0.967. The van der Waals surface area contributed by atoms with Gasteiger partial charge in [-0.25, -0.2) is 0 Å². The zero-order valence-electron chi connectivity index (χ0n) is 10.3. The summed E-state index contributed by atoms with van der Waals surface area (Å²) >= 11 is 0. The van der Waals surface area contributed by atoms with Crippen LogP contribution in [0.15, 0.2) is 18.2 Å². The minimum absolute atomic E-state index is 0.217. The number of nitrogens with zero attached hydrogens (tertiary/aromatic N) is 2. The van der Waals surface area contributed by atoms with Gasteiger partial charge in [-0.05, 0) is 24.0 Å². The van der Waals surface area contributed by atoms with E-state index < -0.39 is 0 Å². The standard InChI is InChI=1S/C13H17N3O2/c17-16(18)12-2-1-10-7-13(9-11(10)8-12)15-5-3-14-4-6-15/h1-2,8,13-14H,3-7,9H2. The van der Waals surface area contributed by atoms with Crippen LogP contribution in [0.5, 0.6) is 0 Å². The highest BCUT2D eigenvalue weighted by Crippen LogP contribution is 2.28. The fourth-order valence-electron chi connectivity index (χ4n) is 3.00. The largest absolute Gasteiger partial charge is 0.314 e. The lowest BCUT2D eigenvalue weighted by Gasteiger charge is -2.32. The molecular formula is C13H17N3O2. The van der Waals surface area contributed by atoms with Crippen LogP contribution in [0, 0.1) is 10.1 Å². The van der Waals surface area contributed by atoms with Gasteiger partial charge in [0.05, 0.1) is 4.92 Å². The Labute approximate surface area is 106 Å². The van der Waals surface area contributed by atoms with Crippen LogP contribution in [0.4, 0.5) is 5.69 Å². The van der Waals surface area contributed by atoms with Gasteiger partial charge in [-0.3, -0.25) is 15.0 Å². The van der Waals surface area contributed by atoms with Gasteiger partial charge in [-0.2, -0.15) is 0 Å². The van der Waals surface area contributed by atoms with Gasteiger partial charge in [0, 0.05) is 44.4 Å². The summed E-state index contributed by atoms with van der Waals surface area (Å²) in [5.74, 6) is 0. The highest BCUT2D eigenvalue weighted by atomic mass is 16.6. The van der Waals surface area contributed by atoms with E-state index in [1.807, 2.05) is 6.07 Å². The molecule has 1 saturated heterocycles. The second kappa shape index (κ2) is 4.66. The Morgan fingerprint density at radius 1 is 1.22 bits per heavy atom. The summed E-state index contributed by atoms with van der Waals surface area (Å²) < 4.78 is 0. The molecule has 1 aromatic rings. The number of hydrogen-bond acceptors (Lipinski definition) is 4. The first kappa shape index (κ1) is 11.6. The van der Waals surface area contributed by atoms with Crippen LogP contribution in [-0.2, 0) is 12.8 Å². The maximum Gasteiger partial charge on any atom is 0.269 e. The van der Waals surface area contributed by atoms with Gasteiger partial charge >= 0.3 is 0 Å². The van der Waals surface area contributed by atoms with Crippen molar-refractivity contribution >= 4 is 5.69 Å². The van der Waals surface area contributed by atoms with Gasteiger partial charge in [0.2, 0.25) is 0 Å². The van der Waals surface area contributed by atoms with E-state index in [4.69, 9.17) is 0 Å². The molecule has 5 nitrogen and oxygen atoms in total. The molecule has 1 fully saturated rings. The van der Waals surface area contributed by atoms with Gasteiger partial charge in [0.1, 0.15) is 0 Å². The molecule has 0 radical (unpaired) electrons. The van der Waals surface area contributed by atoms with Crippen molar-refractivity contribution in [1.82, 2.24) is 10.2 Å². The first-order valence-corrected chi connectivity index (χ1v) is 6.45. The lowest BCUT2D eigenvalue weighted by molar-refractivity contribution is -0.384. The van der Waals surface area contributed by atoms with Crippen LogP contribution in [0.1, 0.15) is 11.1 Å². The smallest absolute Gasteiger partial charge is 0.269 e. The predicted molar refractivity (Wildman–Crippen MR) is 68.7 cm³/mol. The summed E-state index contributed by atoms with van der Waals surface area (Å²) in [5, 5.41) is 14.1. The zero-order chi connectivity index (χ0) is 12.5. The number of nitro groups is 1. The molecule has 1 aromatic carbocycles. The van der Waals surface area contributed by atoms with E-state index in [0.717, 1.165) is 44.6 Å². The minimum atomic E-state index is -0.307. The van der Waals surface area contributed by atoms with Crippen molar-refractivity contribution in [3.63, 3.8) is 0 Å². The Hall–Kier alpha value is -1.46. The number of piperazine rings is 1. The molecule has 3 rings (SSSR count). The number of benzene rings is 1. The first-order chi connectivity index (χ1) is 8.74. The van der Waals surface area contributed by atoms with Gasteiger partial charge in [-0.1, -0.05) is 6.07 Å². The Morgan fingerprint density at radius 2 is 1.94 bits per heavy atom. The summed E-state index contributed by atoms with van der Waals surface area (Å²) in [6, 6.07) is 5.83. The molecule has 2 aliphatic rings. The number of nitro benzene ring substituents is 1. The van der Waals surface area contributed by atoms with Crippen LogP contribution in [-0.4, -0.2) is 42.0 Å². The van der Waals surface area contributed by atoms with Gasteiger partial charge in [0.15, 0.2) is 0 Å². The molecule has 1 aliphatic carbocycles. The number of nitrogens with one attached hydrogen (secondary N) is 1. The molecular weight excluding hydrogens is 230 g/mol. The van der Waals surface area contributed by atoms with E-state index in [2.05, 4.69) is 10.2 Å². The fraction of sp³-hybridized carbons (Fsp3) is 0.538.